The van der Waals surface area contributed by atoms with Gasteiger partial charge in [-0.05, 0) is 87.6 Å². The van der Waals surface area contributed by atoms with Gasteiger partial charge in [-0.25, -0.2) is 14.6 Å². The molecule has 4 aliphatic rings. The van der Waals surface area contributed by atoms with Gasteiger partial charge in [0.05, 0.1) is 29.9 Å². The van der Waals surface area contributed by atoms with Gasteiger partial charge in [-0.2, -0.15) is 15.0 Å². The number of fused-ring (bicyclic) bond motifs is 1. The summed E-state index contributed by atoms with van der Waals surface area (Å²) in [6.07, 6.45) is 18.8. The molecule has 2 saturated heterocycles. The molecule has 14 nitrogen and oxygen atoms in total. The van der Waals surface area contributed by atoms with Gasteiger partial charge in [0.1, 0.15) is 11.8 Å². The van der Waals surface area contributed by atoms with Crippen LogP contribution in [0.4, 0.5) is 11.4 Å². The van der Waals surface area contributed by atoms with E-state index in [1.165, 1.54) is 37.8 Å². The van der Waals surface area contributed by atoms with Crippen LogP contribution in [0.1, 0.15) is 93.7 Å². The third-order valence-corrected chi connectivity index (χ3v) is 12.5. The Morgan fingerprint density at radius 2 is 1.70 bits per heavy atom. The van der Waals surface area contributed by atoms with Crippen LogP contribution in [0.25, 0.3) is 28.1 Å². The van der Waals surface area contributed by atoms with E-state index in [1.54, 1.807) is 23.1 Å². The Morgan fingerprint density at radius 3 is 2.46 bits per heavy atom. The Kier molecular flexibility index (Phi) is 10.2. The molecule has 2 amide bonds. The predicted octanol–water partition coefficient (Wildman–Crippen LogP) is 5.76. The number of nitriles is 1. The van der Waals surface area contributed by atoms with Gasteiger partial charge in [-0.15, -0.1) is 5.10 Å². The fourth-order valence-corrected chi connectivity index (χ4v) is 9.12. The summed E-state index contributed by atoms with van der Waals surface area (Å²) in [5.41, 5.74) is 6.06. The second-order valence-electron chi connectivity index (χ2n) is 16.0. The van der Waals surface area contributed by atoms with Crippen molar-refractivity contribution in [3.8, 4) is 23.1 Å². The van der Waals surface area contributed by atoms with Crippen molar-refractivity contribution in [3.05, 3.63) is 72.3 Å². The van der Waals surface area contributed by atoms with Gasteiger partial charge in [0, 0.05) is 79.4 Å². The fraction of sp³-hybridized carbons (Fsp3) is 0.476. The van der Waals surface area contributed by atoms with Crippen LogP contribution < -0.4 is 15.5 Å². The van der Waals surface area contributed by atoms with E-state index >= 15 is 0 Å². The zero-order chi connectivity index (χ0) is 38.0. The first-order valence-electron chi connectivity index (χ1n) is 20.3. The number of amides is 2. The smallest absolute Gasteiger partial charge is 0.234 e. The SMILES string of the molecule is N#Cc1cnc2c(cnn2-c2cc(NC3CCCC3)c(-c3cn([C@H]4CC[C@H](CCN5CCN(c6ccc(C7CCC(=O)NC7=O)cc6)CC5)CC4)nn3)cn2)c1. The first kappa shape index (κ1) is 36.0. The van der Waals surface area contributed by atoms with E-state index in [0.29, 0.717) is 42.0 Å². The summed E-state index contributed by atoms with van der Waals surface area (Å²) in [5, 5.41) is 30.2. The highest BCUT2D eigenvalue weighted by Crippen LogP contribution is 2.36. The zero-order valence-electron chi connectivity index (χ0n) is 31.7. The van der Waals surface area contributed by atoms with E-state index in [9.17, 15) is 14.9 Å². The maximum absolute atomic E-state index is 12.3. The maximum atomic E-state index is 12.3. The van der Waals surface area contributed by atoms with Crippen molar-refractivity contribution >= 4 is 34.2 Å². The highest BCUT2D eigenvalue weighted by molar-refractivity contribution is 6.01. The molecule has 14 heteroatoms. The Balaban J connectivity index is 0.781. The van der Waals surface area contributed by atoms with E-state index in [1.807, 2.05) is 12.3 Å². The first-order chi connectivity index (χ1) is 27.5. The van der Waals surface area contributed by atoms with E-state index in [2.05, 4.69) is 82.0 Å². The molecule has 0 radical (unpaired) electrons. The number of carbonyl (C=O) groups excluding carboxylic acids is 2. The van der Waals surface area contributed by atoms with Crippen LogP contribution in [0, 0.1) is 17.2 Å². The van der Waals surface area contributed by atoms with Crippen LogP contribution in [-0.2, 0) is 9.59 Å². The number of hydrogen-bond donors (Lipinski definition) is 2. The topological polar surface area (TPSA) is 163 Å². The number of imide groups is 1. The van der Waals surface area contributed by atoms with Crippen molar-refractivity contribution in [1.29, 1.82) is 5.26 Å². The number of pyridine rings is 2. The van der Waals surface area contributed by atoms with E-state index < -0.39 is 0 Å². The van der Waals surface area contributed by atoms with Crippen LogP contribution >= 0.6 is 0 Å². The van der Waals surface area contributed by atoms with Gasteiger partial charge in [0.25, 0.3) is 0 Å². The molecule has 56 heavy (non-hydrogen) atoms. The highest BCUT2D eigenvalue weighted by atomic mass is 16.2. The molecule has 9 rings (SSSR count). The summed E-state index contributed by atoms with van der Waals surface area (Å²) in [5.74, 6) is 0.790. The Morgan fingerprint density at radius 1 is 0.893 bits per heavy atom. The van der Waals surface area contributed by atoms with Crippen molar-refractivity contribution in [3.63, 3.8) is 0 Å². The molecule has 1 aromatic carbocycles. The van der Waals surface area contributed by atoms with Gasteiger partial charge < -0.3 is 10.2 Å². The molecule has 288 valence electrons. The molecule has 4 aromatic heterocycles. The number of nitrogens with zero attached hydrogens (tertiary/aromatic N) is 10. The zero-order valence-corrected chi connectivity index (χ0v) is 31.7. The lowest BCUT2D eigenvalue weighted by Gasteiger charge is -2.37. The molecule has 1 atom stereocenters. The van der Waals surface area contributed by atoms with Gasteiger partial charge >= 0.3 is 0 Å². The summed E-state index contributed by atoms with van der Waals surface area (Å²) in [4.78, 5) is 38.2. The molecule has 2 aliphatic carbocycles. The predicted molar refractivity (Wildman–Crippen MR) is 212 cm³/mol. The van der Waals surface area contributed by atoms with Gasteiger partial charge in [0.2, 0.25) is 11.8 Å². The number of aromatic nitrogens is 7. The summed E-state index contributed by atoms with van der Waals surface area (Å²) in [6.45, 7) is 5.24. The second-order valence-corrected chi connectivity index (χ2v) is 16.0. The summed E-state index contributed by atoms with van der Waals surface area (Å²) >= 11 is 0. The number of rotatable bonds is 10. The van der Waals surface area contributed by atoms with E-state index in [4.69, 9.17) is 4.98 Å². The standard InChI is InChI=1S/C42H48N12O2/c43-23-29-21-31-25-46-54(41(31)45-24-29)39-22-37(47-32-3-1-2-4-32)36(26-44-39)38-27-53(50-49-38)34-9-5-28(6-10-34)15-16-51-17-19-52(20-18-51)33-11-7-30(8-12-33)35-13-14-40(55)48-42(35)56/h7-8,11-12,21-22,24-28,32,34-35H,1-6,9-10,13-20H2,(H,44,47)(H,48,55,56)/t28-,34-,35?. The number of piperazine rings is 1. The number of benzene rings is 1. The Labute approximate surface area is 326 Å². The average molecular weight is 753 g/mol. The molecule has 0 bridgehead atoms. The molecule has 1 unspecified atom stereocenters. The third-order valence-electron chi connectivity index (χ3n) is 12.5. The Hall–Kier alpha value is -5.68. The van der Waals surface area contributed by atoms with E-state index in [0.717, 1.165) is 92.2 Å². The summed E-state index contributed by atoms with van der Waals surface area (Å²) in [7, 11) is 0. The molecule has 2 aliphatic heterocycles. The van der Waals surface area contributed by atoms with Crippen molar-refractivity contribution in [1.82, 2.24) is 45.0 Å². The first-order valence-corrected chi connectivity index (χ1v) is 20.3. The number of nitrogens with one attached hydrogen (secondary N) is 2. The van der Waals surface area contributed by atoms with Crippen LogP contribution in [0.15, 0.2) is 61.2 Å². The van der Waals surface area contributed by atoms with Crippen molar-refractivity contribution in [2.24, 2.45) is 5.92 Å². The Bertz CT molecular complexity index is 2240. The number of carbonyl (C=O) groups is 2. The third kappa shape index (κ3) is 7.60. The molecular formula is C42H48N12O2. The van der Waals surface area contributed by atoms with Crippen molar-refractivity contribution < 1.29 is 9.59 Å². The lowest BCUT2D eigenvalue weighted by Crippen LogP contribution is -2.47. The summed E-state index contributed by atoms with van der Waals surface area (Å²) in [6, 6.07) is 15.1. The maximum Gasteiger partial charge on any atom is 0.234 e. The summed E-state index contributed by atoms with van der Waals surface area (Å²) < 4.78 is 3.80. The molecular weight excluding hydrogens is 705 g/mol. The van der Waals surface area contributed by atoms with Crippen molar-refractivity contribution in [2.45, 2.75) is 88.6 Å². The molecule has 2 saturated carbocycles. The lowest BCUT2D eigenvalue weighted by atomic mass is 9.84. The van der Waals surface area contributed by atoms with Gasteiger partial charge in [0.15, 0.2) is 11.5 Å². The molecule has 2 N–H and O–H groups in total. The van der Waals surface area contributed by atoms with Crippen LogP contribution in [0.3, 0.4) is 0 Å². The van der Waals surface area contributed by atoms with Gasteiger partial charge in [-0.1, -0.05) is 30.2 Å². The van der Waals surface area contributed by atoms with Crippen molar-refractivity contribution in [2.75, 3.05) is 42.9 Å². The molecule has 0 spiro atoms. The monoisotopic (exact) mass is 752 g/mol. The number of piperidine rings is 1. The normalized spacial score (nSPS) is 22.3. The average Bonchev–Trinajstić information content (AvgIpc) is 4.03. The van der Waals surface area contributed by atoms with E-state index in [-0.39, 0.29) is 17.7 Å². The minimum atomic E-state index is -0.239. The largest absolute Gasteiger partial charge is 0.382 e. The van der Waals surface area contributed by atoms with Gasteiger partial charge in [-0.3, -0.25) is 19.8 Å². The fourth-order valence-electron chi connectivity index (χ4n) is 9.12. The minimum absolute atomic E-state index is 0.175. The van der Waals surface area contributed by atoms with Crippen LogP contribution in [-0.4, -0.2) is 90.2 Å². The quantitative estimate of drug-likeness (QED) is 0.167. The number of anilines is 2. The minimum Gasteiger partial charge on any atom is -0.382 e. The number of hydrogen-bond acceptors (Lipinski definition) is 11. The van der Waals surface area contributed by atoms with Crippen LogP contribution in [0.2, 0.25) is 0 Å². The molecule has 5 aromatic rings. The molecule has 4 fully saturated rings. The highest BCUT2D eigenvalue weighted by Gasteiger charge is 2.29. The van der Waals surface area contributed by atoms with Crippen LogP contribution in [0.5, 0.6) is 0 Å². The second kappa shape index (κ2) is 15.8. The molecule has 6 heterocycles. The lowest BCUT2D eigenvalue weighted by molar-refractivity contribution is -0.134.